The standard InChI is InChI=1S/C15H19NO2/c1-2-18-15-11-7-6-10-13(15)14(17)16(15)12-8-4-3-5-9-12/h3-5,8-9,13H,2,6-7,10-11H2,1H3/t13-,15+/m1/s1. The van der Waals surface area contributed by atoms with Gasteiger partial charge < -0.3 is 4.74 Å². The van der Waals surface area contributed by atoms with E-state index in [1.54, 1.807) is 0 Å². The second-order valence-electron chi connectivity index (χ2n) is 5.09. The average molecular weight is 245 g/mol. The lowest BCUT2D eigenvalue weighted by atomic mass is 9.72. The predicted octanol–water partition coefficient (Wildman–Crippen LogP) is 2.96. The summed E-state index contributed by atoms with van der Waals surface area (Å²) in [6.45, 7) is 2.67. The molecule has 2 aliphatic rings. The van der Waals surface area contributed by atoms with Gasteiger partial charge in [0.15, 0.2) is 5.72 Å². The zero-order valence-corrected chi connectivity index (χ0v) is 10.8. The van der Waals surface area contributed by atoms with Gasteiger partial charge >= 0.3 is 0 Å². The first-order valence-electron chi connectivity index (χ1n) is 6.82. The van der Waals surface area contributed by atoms with Crippen molar-refractivity contribution in [3.8, 4) is 0 Å². The van der Waals surface area contributed by atoms with Crippen molar-refractivity contribution in [3.63, 3.8) is 0 Å². The Morgan fingerprint density at radius 3 is 2.83 bits per heavy atom. The van der Waals surface area contributed by atoms with E-state index in [0.717, 1.165) is 31.4 Å². The van der Waals surface area contributed by atoms with Crippen molar-refractivity contribution in [2.24, 2.45) is 5.92 Å². The van der Waals surface area contributed by atoms with Crippen LogP contribution < -0.4 is 4.90 Å². The first kappa shape index (κ1) is 11.7. The molecule has 1 heterocycles. The SMILES string of the molecule is CCO[C@@]12CCCC[C@@H]1C(=O)N2c1ccccc1. The first-order chi connectivity index (χ1) is 8.79. The van der Waals surface area contributed by atoms with Crippen molar-refractivity contribution in [3.05, 3.63) is 30.3 Å². The summed E-state index contributed by atoms with van der Waals surface area (Å²) < 4.78 is 6.01. The molecule has 2 atom stereocenters. The normalized spacial score (nSPS) is 30.8. The number of β-lactam (4-membered cyclic amide) rings is 1. The molecule has 0 radical (unpaired) electrons. The minimum Gasteiger partial charge on any atom is -0.355 e. The fourth-order valence-corrected chi connectivity index (χ4v) is 3.40. The van der Waals surface area contributed by atoms with Gasteiger partial charge in [0, 0.05) is 12.3 Å². The summed E-state index contributed by atoms with van der Waals surface area (Å²) in [5.41, 5.74) is 0.611. The van der Waals surface area contributed by atoms with E-state index in [4.69, 9.17) is 4.74 Å². The minimum absolute atomic E-state index is 0.0754. The van der Waals surface area contributed by atoms with Crippen LogP contribution in [0.25, 0.3) is 0 Å². The number of nitrogens with zero attached hydrogens (tertiary/aromatic N) is 1. The van der Waals surface area contributed by atoms with Gasteiger partial charge in [-0.1, -0.05) is 24.6 Å². The van der Waals surface area contributed by atoms with E-state index in [9.17, 15) is 4.79 Å². The molecule has 96 valence electrons. The lowest BCUT2D eigenvalue weighted by molar-refractivity contribution is -0.177. The molecule has 1 saturated heterocycles. The second-order valence-corrected chi connectivity index (χ2v) is 5.09. The van der Waals surface area contributed by atoms with Gasteiger partial charge in [0.2, 0.25) is 5.91 Å². The highest BCUT2D eigenvalue weighted by molar-refractivity contribution is 6.04. The van der Waals surface area contributed by atoms with Gasteiger partial charge in [-0.25, -0.2) is 0 Å². The Morgan fingerprint density at radius 1 is 1.33 bits per heavy atom. The van der Waals surface area contributed by atoms with Crippen molar-refractivity contribution in [2.45, 2.75) is 38.3 Å². The lowest BCUT2D eigenvalue weighted by Gasteiger charge is -2.58. The zero-order valence-electron chi connectivity index (χ0n) is 10.8. The summed E-state index contributed by atoms with van der Waals surface area (Å²) in [5, 5.41) is 0. The highest BCUT2D eigenvalue weighted by Crippen LogP contribution is 2.50. The number of carbonyl (C=O) groups is 1. The number of amides is 1. The van der Waals surface area contributed by atoms with Crippen molar-refractivity contribution in [1.82, 2.24) is 0 Å². The number of ether oxygens (including phenoxy) is 1. The van der Waals surface area contributed by atoms with E-state index < -0.39 is 0 Å². The largest absolute Gasteiger partial charge is 0.355 e. The molecular weight excluding hydrogens is 226 g/mol. The van der Waals surface area contributed by atoms with Crippen molar-refractivity contribution in [1.29, 1.82) is 0 Å². The number of anilines is 1. The highest BCUT2D eigenvalue weighted by Gasteiger charge is 2.62. The van der Waals surface area contributed by atoms with Gasteiger partial charge in [0.25, 0.3) is 0 Å². The Balaban J connectivity index is 1.96. The smallest absolute Gasteiger partial charge is 0.237 e. The topological polar surface area (TPSA) is 29.5 Å². The van der Waals surface area contributed by atoms with Crippen LogP contribution in [0.1, 0.15) is 32.6 Å². The van der Waals surface area contributed by atoms with E-state index in [1.807, 2.05) is 42.2 Å². The molecule has 0 N–H and O–H groups in total. The van der Waals surface area contributed by atoms with Crippen molar-refractivity contribution in [2.75, 3.05) is 11.5 Å². The van der Waals surface area contributed by atoms with Gasteiger partial charge in [-0.3, -0.25) is 9.69 Å². The molecule has 18 heavy (non-hydrogen) atoms. The maximum Gasteiger partial charge on any atom is 0.237 e. The maximum absolute atomic E-state index is 12.3. The molecule has 0 bridgehead atoms. The number of rotatable bonds is 3. The fourth-order valence-electron chi connectivity index (χ4n) is 3.40. The Bertz CT molecular complexity index is 441. The third kappa shape index (κ3) is 1.50. The zero-order chi connectivity index (χ0) is 12.6. The van der Waals surface area contributed by atoms with Gasteiger partial charge in [-0.05, 0) is 38.3 Å². The highest BCUT2D eigenvalue weighted by atomic mass is 16.5. The Morgan fingerprint density at radius 2 is 2.11 bits per heavy atom. The molecule has 3 rings (SSSR count). The van der Waals surface area contributed by atoms with Crippen molar-refractivity contribution >= 4 is 11.6 Å². The molecule has 1 aliphatic heterocycles. The third-order valence-electron chi connectivity index (χ3n) is 4.13. The number of benzene rings is 1. The van der Waals surface area contributed by atoms with Crippen LogP contribution in [-0.4, -0.2) is 18.2 Å². The fraction of sp³-hybridized carbons (Fsp3) is 0.533. The predicted molar refractivity (Wildman–Crippen MR) is 70.2 cm³/mol. The lowest BCUT2D eigenvalue weighted by Crippen LogP contribution is -2.73. The van der Waals surface area contributed by atoms with E-state index in [0.29, 0.717) is 6.61 Å². The molecule has 1 amide bonds. The summed E-state index contributed by atoms with van der Waals surface area (Å²) in [4.78, 5) is 14.2. The van der Waals surface area contributed by atoms with Crippen LogP contribution in [0, 0.1) is 5.92 Å². The van der Waals surface area contributed by atoms with Gasteiger partial charge in [-0.2, -0.15) is 0 Å². The molecular formula is C15H19NO2. The van der Waals surface area contributed by atoms with Crippen LogP contribution in [0.5, 0.6) is 0 Å². The van der Waals surface area contributed by atoms with E-state index in [2.05, 4.69) is 0 Å². The van der Waals surface area contributed by atoms with Crippen LogP contribution in [0.15, 0.2) is 30.3 Å². The van der Waals surface area contributed by atoms with Crippen LogP contribution >= 0.6 is 0 Å². The Kier molecular flexibility index (Phi) is 2.86. The maximum atomic E-state index is 12.3. The van der Waals surface area contributed by atoms with Gasteiger partial charge in [0.1, 0.15) is 0 Å². The molecule has 3 heteroatoms. The van der Waals surface area contributed by atoms with E-state index in [1.165, 1.54) is 0 Å². The van der Waals surface area contributed by atoms with Gasteiger partial charge in [0.05, 0.1) is 5.92 Å². The van der Waals surface area contributed by atoms with Crippen LogP contribution in [0.4, 0.5) is 5.69 Å². The van der Waals surface area contributed by atoms with Crippen LogP contribution in [0.2, 0.25) is 0 Å². The number of hydrogen-bond acceptors (Lipinski definition) is 2. The molecule has 2 fully saturated rings. The molecule has 0 spiro atoms. The van der Waals surface area contributed by atoms with Crippen LogP contribution in [-0.2, 0) is 9.53 Å². The summed E-state index contributed by atoms with van der Waals surface area (Å²) in [6, 6.07) is 9.89. The quantitative estimate of drug-likeness (QED) is 0.766. The number of carbonyl (C=O) groups excluding carboxylic acids is 1. The number of hydrogen-bond donors (Lipinski definition) is 0. The summed E-state index contributed by atoms with van der Waals surface area (Å²) in [7, 11) is 0. The monoisotopic (exact) mass is 245 g/mol. The molecule has 1 aromatic rings. The van der Waals surface area contributed by atoms with E-state index >= 15 is 0 Å². The Hall–Kier alpha value is -1.35. The minimum atomic E-state index is -0.356. The summed E-state index contributed by atoms with van der Waals surface area (Å²) >= 11 is 0. The summed E-state index contributed by atoms with van der Waals surface area (Å²) in [5.74, 6) is 0.306. The molecule has 0 aromatic heterocycles. The van der Waals surface area contributed by atoms with Crippen molar-refractivity contribution < 1.29 is 9.53 Å². The van der Waals surface area contributed by atoms with E-state index in [-0.39, 0.29) is 17.6 Å². The molecule has 1 aromatic carbocycles. The number of fused-ring (bicyclic) bond motifs is 1. The average Bonchev–Trinajstić information content (AvgIpc) is 2.40. The Labute approximate surface area is 108 Å². The second kappa shape index (κ2) is 4.39. The molecule has 1 saturated carbocycles. The van der Waals surface area contributed by atoms with Crippen LogP contribution in [0.3, 0.4) is 0 Å². The molecule has 0 unspecified atom stereocenters. The first-order valence-corrected chi connectivity index (χ1v) is 6.82. The summed E-state index contributed by atoms with van der Waals surface area (Å²) in [6.07, 6.45) is 4.23. The third-order valence-corrected chi connectivity index (χ3v) is 4.13. The molecule has 3 nitrogen and oxygen atoms in total. The van der Waals surface area contributed by atoms with Gasteiger partial charge in [-0.15, -0.1) is 0 Å². The molecule has 1 aliphatic carbocycles. The number of para-hydroxylation sites is 1.